The molecular weight excluding hydrogens is 588 g/mol. The van der Waals surface area contributed by atoms with E-state index in [-0.39, 0.29) is 5.78 Å². The zero-order chi connectivity index (χ0) is 33.7. The van der Waals surface area contributed by atoms with Gasteiger partial charge in [-0.2, -0.15) is 0 Å². The number of ketones is 1. The summed E-state index contributed by atoms with van der Waals surface area (Å²) in [6.07, 6.45) is 0. The van der Waals surface area contributed by atoms with Gasteiger partial charge in [-0.3, -0.25) is 0 Å². The van der Waals surface area contributed by atoms with Crippen LogP contribution >= 0.6 is 0 Å². The Morgan fingerprint density at radius 3 is 1.10 bits per heavy atom. The third-order valence-electron chi connectivity index (χ3n) is 10.4. The van der Waals surface area contributed by atoms with Crippen LogP contribution in [0, 0.1) is 41.5 Å². The molecule has 0 aromatic heterocycles. The molecule has 5 aromatic carbocycles. The molecule has 0 N–H and O–H groups in total. The van der Waals surface area contributed by atoms with E-state index in [4.69, 9.17) is 9.78 Å². The summed E-state index contributed by atoms with van der Waals surface area (Å²) in [7, 11) is 0. The lowest BCUT2D eigenvalue weighted by molar-refractivity contribution is -0.411. The van der Waals surface area contributed by atoms with E-state index in [2.05, 4.69) is 139 Å². The van der Waals surface area contributed by atoms with E-state index >= 15 is 0 Å². The lowest BCUT2D eigenvalue weighted by Crippen LogP contribution is -2.53. The molecule has 2 atom stereocenters. The van der Waals surface area contributed by atoms with Crippen LogP contribution < -0.4 is 0 Å². The molecule has 0 amide bonds. The predicted octanol–water partition coefficient (Wildman–Crippen LogP) is 10.2. The van der Waals surface area contributed by atoms with Crippen LogP contribution in [0.25, 0.3) is 11.1 Å². The molecule has 2 spiro atoms. The van der Waals surface area contributed by atoms with Gasteiger partial charge in [-0.25, -0.2) is 9.78 Å². The Kier molecular flexibility index (Phi) is 6.73. The maximum Gasteiger partial charge on any atom is 0.181 e. The van der Waals surface area contributed by atoms with Gasteiger partial charge in [0.15, 0.2) is 11.2 Å². The fourth-order valence-corrected chi connectivity index (χ4v) is 9.22. The Hall–Kier alpha value is -4.83. The highest BCUT2D eigenvalue weighted by atomic mass is 17.2. The molecule has 0 radical (unpaired) electrons. The van der Waals surface area contributed by atoms with Gasteiger partial charge in [-0.05, 0) is 111 Å². The van der Waals surface area contributed by atoms with Crippen molar-refractivity contribution in [2.45, 2.75) is 66.6 Å². The summed E-state index contributed by atoms with van der Waals surface area (Å²) in [5, 5.41) is 0. The maximum atomic E-state index is 9.44. The molecule has 3 aliphatic carbocycles. The molecule has 2 heterocycles. The number of carbonyl (C=O) groups is 1. The Labute approximate surface area is 283 Å². The summed E-state index contributed by atoms with van der Waals surface area (Å²) in [4.78, 5) is 23.3. The van der Waals surface area contributed by atoms with Crippen molar-refractivity contribution in [2.24, 2.45) is 0 Å². The zero-order valence-corrected chi connectivity index (χ0v) is 29.0. The Bertz CT molecular complexity index is 2090. The second kappa shape index (κ2) is 10.6. The average Bonchev–Trinajstić information content (AvgIpc) is 3.49. The van der Waals surface area contributed by atoms with Crippen LogP contribution in [-0.2, 0) is 25.8 Å². The molecule has 48 heavy (non-hydrogen) atoms. The second-order valence-electron chi connectivity index (χ2n) is 14.1. The van der Waals surface area contributed by atoms with E-state index in [0.29, 0.717) is 0 Å². The highest BCUT2D eigenvalue weighted by Gasteiger charge is 2.69. The number of rotatable bonds is 2. The Morgan fingerprint density at radius 2 is 0.771 bits per heavy atom. The summed E-state index contributed by atoms with van der Waals surface area (Å²) in [6, 6.07) is 35.7. The van der Waals surface area contributed by atoms with Gasteiger partial charge in [0, 0.05) is 33.4 Å². The van der Waals surface area contributed by atoms with E-state index in [9.17, 15) is 4.79 Å². The van der Waals surface area contributed by atoms with Gasteiger partial charge in [0.2, 0.25) is 0 Å². The van der Waals surface area contributed by atoms with Crippen LogP contribution in [0.15, 0.2) is 108 Å². The molecule has 1 fully saturated rings. The van der Waals surface area contributed by atoms with Crippen molar-refractivity contribution < 1.29 is 14.6 Å². The van der Waals surface area contributed by atoms with E-state index in [1.807, 2.05) is 0 Å². The quantitative estimate of drug-likeness (QED) is 0.183. The fraction of sp³-hybridized carbons (Fsp3) is 0.222. The zero-order valence-electron chi connectivity index (χ0n) is 29.0. The van der Waals surface area contributed by atoms with Gasteiger partial charge in [0.1, 0.15) is 5.78 Å². The minimum Gasteiger partial charge on any atom is -0.300 e. The topological polar surface area (TPSA) is 35.5 Å². The molecule has 5 aliphatic rings. The lowest BCUT2D eigenvalue weighted by Gasteiger charge is -2.53. The lowest BCUT2D eigenvalue weighted by atomic mass is 9.62. The number of fused-ring (bicyclic) bond motifs is 3. The Balaban J connectivity index is 0.000000799. The van der Waals surface area contributed by atoms with Crippen molar-refractivity contribution in [3.8, 4) is 0 Å². The van der Waals surface area contributed by atoms with Crippen LogP contribution in [0.2, 0.25) is 0 Å². The largest absolute Gasteiger partial charge is 0.300 e. The standard InChI is InChI=1S/C42H34O2.C3H6O/c1-23-19-25(3)35(26(4)20-23)37-29-13-7-9-15-31(29)41-33-17-11-12-18-34(33)42(44-43-41)32-16-10-8-14-30(32)38(40(42)39(37)41)36-27(5)21-24(2)22-28(36)6;1-3(2)4/h7-22H,1-6H3;1-2H3/t41-,42+;. The molecule has 2 aliphatic heterocycles. The van der Waals surface area contributed by atoms with Crippen LogP contribution in [0.4, 0.5) is 0 Å². The molecule has 3 heteroatoms. The van der Waals surface area contributed by atoms with Crippen molar-refractivity contribution in [3.63, 3.8) is 0 Å². The van der Waals surface area contributed by atoms with Crippen molar-refractivity contribution >= 4 is 16.9 Å². The van der Waals surface area contributed by atoms with Gasteiger partial charge in [0.25, 0.3) is 0 Å². The number of hydrogen-bond donors (Lipinski definition) is 0. The van der Waals surface area contributed by atoms with Crippen LogP contribution in [-0.4, -0.2) is 5.78 Å². The molecule has 2 bridgehead atoms. The Morgan fingerprint density at radius 1 is 0.479 bits per heavy atom. The minimum absolute atomic E-state index is 0.167. The maximum absolute atomic E-state index is 9.44. The fourth-order valence-electron chi connectivity index (χ4n) is 9.22. The summed E-state index contributed by atoms with van der Waals surface area (Å²) in [6.45, 7) is 16.5. The highest BCUT2D eigenvalue weighted by Crippen LogP contribution is 2.72. The van der Waals surface area contributed by atoms with Crippen molar-refractivity contribution in [2.75, 3.05) is 0 Å². The van der Waals surface area contributed by atoms with Crippen LogP contribution in [0.1, 0.15) is 91.7 Å². The number of aryl methyl sites for hydroxylation is 6. The summed E-state index contributed by atoms with van der Waals surface area (Å²) in [5.74, 6) is 0.167. The van der Waals surface area contributed by atoms with E-state index in [0.717, 1.165) is 11.1 Å². The number of carbonyl (C=O) groups excluding carboxylic acids is 1. The molecule has 3 nitrogen and oxygen atoms in total. The first-order chi connectivity index (χ1) is 23.0. The van der Waals surface area contributed by atoms with E-state index < -0.39 is 11.2 Å². The normalized spacial score (nSPS) is 20.8. The van der Waals surface area contributed by atoms with Gasteiger partial charge < -0.3 is 4.79 Å². The molecule has 0 saturated carbocycles. The molecule has 0 unspecified atom stereocenters. The summed E-state index contributed by atoms with van der Waals surface area (Å²) >= 11 is 0. The van der Waals surface area contributed by atoms with Crippen molar-refractivity contribution in [1.82, 2.24) is 0 Å². The van der Waals surface area contributed by atoms with E-state index in [1.165, 1.54) is 103 Å². The smallest absolute Gasteiger partial charge is 0.181 e. The average molecular weight is 629 g/mol. The van der Waals surface area contributed by atoms with Gasteiger partial charge in [-0.1, -0.05) is 108 Å². The number of Topliss-reactive ketones (excluding diaryl/α,β-unsaturated/α-hetero) is 1. The van der Waals surface area contributed by atoms with Crippen molar-refractivity contribution in [1.29, 1.82) is 0 Å². The van der Waals surface area contributed by atoms with Crippen LogP contribution in [0.3, 0.4) is 0 Å². The molecule has 10 rings (SSSR count). The molecule has 238 valence electrons. The molecular formula is C45H40O3. The monoisotopic (exact) mass is 628 g/mol. The van der Waals surface area contributed by atoms with Crippen molar-refractivity contribution in [3.05, 3.63) is 186 Å². The first kappa shape index (κ1) is 30.5. The van der Waals surface area contributed by atoms with Gasteiger partial charge in [0.05, 0.1) is 0 Å². The van der Waals surface area contributed by atoms with Gasteiger partial charge in [-0.15, -0.1) is 0 Å². The number of hydrogen-bond acceptors (Lipinski definition) is 3. The second-order valence-corrected chi connectivity index (χ2v) is 14.1. The summed E-state index contributed by atoms with van der Waals surface area (Å²) in [5.41, 5.74) is 20.5. The molecule has 5 aromatic rings. The number of benzene rings is 5. The minimum atomic E-state index is -0.886. The first-order valence-electron chi connectivity index (χ1n) is 16.8. The molecule has 1 saturated heterocycles. The first-order valence-corrected chi connectivity index (χ1v) is 16.8. The van der Waals surface area contributed by atoms with E-state index in [1.54, 1.807) is 0 Å². The third kappa shape index (κ3) is 3.86. The third-order valence-corrected chi connectivity index (χ3v) is 10.4. The van der Waals surface area contributed by atoms with Gasteiger partial charge >= 0.3 is 0 Å². The highest BCUT2D eigenvalue weighted by molar-refractivity contribution is 6.05. The predicted molar refractivity (Wildman–Crippen MR) is 193 cm³/mol. The van der Waals surface area contributed by atoms with Crippen LogP contribution in [0.5, 0.6) is 0 Å². The summed E-state index contributed by atoms with van der Waals surface area (Å²) < 4.78 is 0. The SMILES string of the molecule is CC(C)=O.Cc1cc(C)c(C2=C3C4=C(c5c(C)cc(C)cc5C)c5ccccc5[C@@]45OO[C@]3(c3ccccc32)c2ccccc25)c(C)c1.